The molecule has 1 saturated carbocycles. The first-order valence-corrected chi connectivity index (χ1v) is 5.83. The van der Waals surface area contributed by atoms with Gasteiger partial charge in [-0.05, 0) is 18.9 Å². The molecule has 0 radical (unpaired) electrons. The van der Waals surface area contributed by atoms with Crippen molar-refractivity contribution in [2.24, 2.45) is 0 Å². The minimum Gasteiger partial charge on any atom is -0.486 e. The number of hydrogen-bond donors (Lipinski definition) is 1. The van der Waals surface area contributed by atoms with E-state index in [2.05, 4.69) is 0 Å². The molecule has 0 atom stereocenters. The molecule has 1 aromatic rings. The number of ether oxygens (including phenoxy) is 2. The summed E-state index contributed by atoms with van der Waals surface area (Å²) in [5.41, 5.74) is 0.0488. The van der Waals surface area contributed by atoms with E-state index in [0.29, 0.717) is 54.4 Å². The minimum absolute atomic E-state index is 0.286. The monoisotopic (exact) mass is 254 g/mol. The lowest BCUT2D eigenvalue weighted by atomic mass is 10.0. The van der Waals surface area contributed by atoms with E-state index in [1.54, 1.807) is 6.07 Å². The molecule has 17 heavy (non-hydrogen) atoms. The normalized spacial score (nSPS) is 19.9. The van der Waals surface area contributed by atoms with Crippen molar-refractivity contribution in [1.29, 1.82) is 0 Å². The third-order valence-electron chi connectivity index (χ3n) is 3.14. The maximum absolute atomic E-state index is 11.0. The molecule has 3 rings (SSSR count). The lowest BCUT2D eigenvalue weighted by molar-refractivity contribution is 0.110. The molecule has 90 valence electrons. The second-order valence-corrected chi connectivity index (χ2v) is 4.73. The van der Waals surface area contributed by atoms with Crippen molar-refractivity contribution in [2.45, 2.75) is 18.4 Å². The second kappa shape index (κ2) is 3.62. The Morgan fingerprint density at radius 3 is 2.53 bits per heavy atom. The van der Waals surface area contributed by atoms with Crippen LogP contribution in [-0.4, -0.2) is 24.6 Å². The summed E-state index contributed by atoms with van der Waals surface area (Å²) in [4.78, 5) is 11.0. The summed E-state index contributed by atoms with van der Waals surface area (Å²) in [6, 6.07) is 1.60. The molecular weight excluding hydrogens is 244 g/mol. The summed E-state index contributed by atoms with van der Waals surface area (Å²) in [6.45, 7) is 0.794. The van der Waals surface area contributed by atoms with E-state index in [1.165, 1.54) is 0 Å². The number of carbonyl (C=O) groups excluding carboxylic acids is 1. The number of fused-ring (bicyclic) bond motifs is 1. The van der Waals surface area contributed by atoms with Crippen LogP contribution in [0.25, 0.3) is 0 Å². The molecule has 4 nitrogen and oxygen atoms in total. The third kappa shape index (κ3) is 1.59. The fraction of sp³-hybridized carbons (Fsp3) is 0.417. The van der Waals surface area contributed by atoms with Crippen LogP contribution in [0.1, 0.15) is 28.8 Å². The highest BCUT2D eigenvalue weighted by molar-refractivity contribution is 6.33. The topological polar surface area (TPSA) is 55.8 Å². The highest BCUT2D eigenvalue weighted by Gasteiger charge is 2.46. The van der Waals surface area contributed by atoms with Gasteiger partial charge in [-0.3, -0.25) is 4.79 Å². The SMILES string of the molecule is O=Cc1c(Cl)cc(C2(O)CC2)c2c1OCCO2. The van der Waals surface area contributed by atoms with E-state index in [1.807, 2.05) is 0 Å². The second-order valence-electron chi connectivity index (χ2n) is 4.32. The minimum atomic E-state index is -0.865. The summed E-state index contributed by atoms with van der Waals surface area (Å²) in [6.07, 6.45) is 2.01. The molecule has 0 spiro atoms. The average molecular weight is 255 g/mol. The predicted octanol–water partition coefficient (Wildman–Crippen LogP) is 1.91. The van der Waals surface area contributed by atoms with Crippen molar-refractivity contribution in [3.05, 3.63) is 22.2 Å². The van der Waals surface area contributed by atoms with Gasteiger partial charge in [-0.1, -0.05) is 11.6 Å². The van der Waals surface area contributed by atoms with Gasteiger partial charge in [-0.25, -0.2) is 0 Å². The van der Waals surface area contributed by atoms with Crippen molar-refractivity contribution >= 4 is 17.9 Å². The van der Waals surface area contributed by atoms with E-state index < -0.39 is 5.60 Å². The van der Waals surface area contributed by atoms with Crippen LogP contribution >= 0.6 is 11.6 Å². The third-order valence-corrected chi connectivity index (χ3v) is 3.46. The van der Waals surface area contributed by atoms with Crippen LogP contribution in [0.4, 0.5) is 0 Å². The number of halogens is 1. The molecule has 1 aliphatic carbocycles. The number of aliphatic hydroxyl groups is 1. The molecule has 0 aromatic heterocycles. The Kier molecular flexibility index (Phi) is 2.31. The van der Waals surface area contributed by atoms with Gasteiger partial charge in [-0.15, -0.1) is 0 Å². The van der Waals surface area contributed by atoms with Gasteiger partial charge in [0, 0.05) is 5.56 Å². The van der Waals surface area contributed by atoms with Gasteiger partial charge in [0.15, 0.2) is 17.8 Å². The predicted molar refractivity (Wildman–Crippen MR) is 61.0 cm³/mol. The van der Waals surface area contributed by atoms with Crippen LogP contribution in [0, 0.1) is 0 Å². The summed E-state index contributed by atoms with van der Waals surface area (Å²) >= 11 is 6.02. The van der Waals surface area contributed by atoms with E-state index in [4.69, 9.17) is 21.1 Å². The first kappa shape index (κ1) is 10.9. The maximum atomic E-state index is 11.0. The molecule has 1 heterocycles. The quantitative estimate of drug-likeness (QED) is 0.819. The summed E-state index contributed by atoms with van der Waals surface area (Å²) in [5, 5.41) is 10.5. The summed E-state index contributed by atoms with van der Waals surface area (Å²) in [7, 11) is 0. The molecule has 1 fully saturated rings. The van der Waals surface area contributed by atoms with Crippen molar-refractivity contribution in [3.63, 3.8) is 0 Å². The van der Waals surface area contributed by atoms with Gasteiger partial charge in [0.25, 0.3) is 0 Å². The Morgan fingerprint density at radius 2 is 1.94 bits per heavy atom. The van der Waals surface area contributed by atoms with E-state index in [-0.39, 0.29) is 5.56 Å². The van der Waals surface area contributed by atoms with Crippen molar-refractivity contribution < 1.29 is 19.4 Å². The van der Waals surface area contributed by atoms with Crippen LogP contribution in [0.5, 0.6) is 11.5 Å². The highest BCUT2D eigenvalue weighted by atomic mass is 35.5. The van der Waals surface area contributed by atoms with Gasteiger partial charge in [0.2, 0.25) is 0 Å². The Labute approximate surface area is 103 Å². The van der Waals surface area contributed by atoms with E-state index in [9.17, 15) is 9.90 Å². The molecule has 0 saturated heterocycles. The van der Waals surface area contributed by atoms with Gasteiger partial charge < -0.3 is 14.6 Å². The molecule has 5 heteroatoms. The van der Waals surface area contributed by atoms with Crippen LogP contribution in [-0.2, 0) is 5.60 Å². The largest absolute Gasteiger partial charge is 0.486 e. The Hall–Kier alpha value is -1.26. The van der Waals surface area contributed by atoms with Crippen molar-refractivity contribution in [1.82, 2.24) is 0 Å². The first-order valence-electron chi connectivity index (χ1n) is 5.46. The molecule has 0 unspecified atom stereocenters. The fourth-order valence-corrected chi connectivity index (χ4v) is 2.28. The Morgan fingerprint density at radius 1 is 1.29 bits per heavy atom. The zero-order valence-electron chi connectivity index (χ0n) is 9.03. The standard InChI is InChI=1S/C12H11ClO4/c13-9-5-8(12(15)1-2-12)11-10(7(9)6-14)16-3-4-17-11/h5-6,15H,1-4H2. The molecule has 1 N–H and O–H groups in total. The number of benzene rings is 1. The van der Waals surface area contributed by atoms with Crippen LogP contribution in [0.15, 0.2) is 6.07 Å². The van der Waals surface area contributed by atoms with Crippen LogP contribution < -0.4 is 9.47 Å². The Balaban J connectivity index is 2.23. The molecule has 0 bridgehead atoms. The van der Waals surface area contributed by atoms with Crippen LogP contribution in [0.2, 0.25) is 5.02 Å². The number of carbonyl (C=O) groups is 1. The lowest BCUT2D eigenvalue weighted by Crippen LogP contribution is -2.20. The Bertz CT molecular complexity index is 494. The average Bonchev–Trinajstić information content (AvgIpc) is 3.07. The summed E-state index contributed by atoms with van der Waals surface area (Å²) in [5.74, 6) is 0.817. The maximum Gasteiger partial charge on any atom is 0.173 e. The van der Waals surface area contributed by atoms with Gasteiger partial charge >= 0.3 is 0 Å². The van der Waals surface area contributed by atoms with Gasteiger partial charge in [-0.2, -0.15) is 0 Å². The molecule has 0 amide bonds. The number of rotatable bonds is 2. The number of hydrogen-bond acceptors (Lipinski definition) is 4. The lowest BCUT2D eigenvalue weighted by Gasteiger charge is -2.24. The molecule has 1 aromatic carbocycles. The van der Waals surface area contributed by atoms with E-state index in [0.717, 1.165) is 0 Å². The zero-order chi connectivity index (χ0) is 12.0. The fourth-order valence-electron chi connectivity index (χ4n) is 2.04. The molecule has 1 aliphatic heterocycles. The van der Waals surface area contributed by atoms with Gasteiger partial charge in [0.1, 0.15) is 13.2 Å². The highest BCUT2D eigenvalue weighted by Crippen LogP contribution is 2.53. The molecular formula is C12H11ClO4. The van der Waals surface area contributed by atoms with Crippen molar-refractivity contribution in [3.8, 4) is 11.5 Å². The number of aldehydes is 1. The van der Waals surface area contributed by atoms with Crippen LogP contribution in [0.3, 0.4) is 0 Å². The smallest absolute Gasteiger partial charge is 0.173 e. The van der Waals surface area contributed by atoms with Gasteiger partial charge in [0.05, 0.1) is 16.2 Å². The summed E-state index contributed by atoms with van der Waals surface area (Å²) < 4.78 is 11.0. The van der Waals surface area contributed by atoms with Crippen molar-refractivity contribution in [2.75, 3.05) is 13.2 Å². The zero-order valence-corrected chi connectivity index (χ0v) is 9.79. The van der Waals surface area contributed by atoms with E-state index >= 15 is 0 Å². The first-order chi connectivity index (χ1) is 8.15. The molecule has 2 aliphatic rings.